The van der Waals surface area contributed by atoms with Gasteiger partial charge in [0.2, 0.25) is 0 Å². The summed E-state index contributed by atoms with van der Waals surface area (Å²) in [6.07, 6.45) is 3.59. The highest BCUT2D eigenvalue weighted by atomic mass is 79.9. The van der Waals surface area contributed by atoms with Gasteiger partial charge in [0.25, 0.3) is 11.8 Å². The van der Waals surface area contributed by atoms with Crippen molar-refractivity contribution in [3.63, 3.8) is 0 Å². The number of hydrazine groups is 1. The molecule has 8 nitrogen and oxygen atoms in total. The molecular weight excluding hydrogens is 600 g/mol. The molecule has 2 amide bonds. The third-order valence-electron chi connectivity index (χ3n) is 7.06. The minimum Gasteiger partial charge on any atom is -0.375 e. The van der Waals surface area contributed by atoms with Gasteiger partial charge in [0.1, 0.15) is 18.3 Å². The highest BCUT2D eigenvalue weighted by Gasteiger charge is 2.34. The van der Waals surface area contributed by atoms with Crippen LogP contribution < -0.4 is 16.5 Å². The molecule has 2 heterocycles. The Balaban J connectivity index is 1.54. The zero-order valence-electron chi connectivity index (χ0n) is 22.6. The monoisotopic (exact) mass is 630 g/mol. The molecule has 3 aromatic carbocycles. The Kier molecular flexibility index (Phi) is 8.80. The minimum absolute atomic E-state index is 0.00697. The number of hydrogen-bond acceptors (Lipinski definition) is 4. The number of aromatic nitrogens is 1. The van der Waals surface area contributed by atoms with Crippen molar-refractivity contribution in [1.29, 1.82) is 0 Å². The van der Waals surface area contributed by atoms with Crippen LogP contribution in [0.5, 0.6) is 0 Å². The number of rotatable bonds is 8. The largest absolute Gasteiger partial charge is 0.375 e. The molecule has 5 rings (SSSR count). The maximum atomic E-state index is 13.7. The van der Waals surface area contributed by atoms with Gasteiger partial charge in [0, 0.05) is 33.7 Å². The third-order valence-corrected chi connectivity index (χ3v) is 7.77. The number of thiocarbonyl (C=S) groups is 1. The van der Waals surface area contributed by atoms with Crippen LogP contribution in [0.4, 0.5) is 0 Å². The predicted octanol–water partition coefficient (Wildman–Crippen LogP) is 5.18. The lowest BCUT2D eigenvalue weighted by atomic mass is 9.91. The molecule has 0 spiro atoms. The summed E-state index contributed by atoms with van der Waals surface area (Å²) in [7, 11) is 0. The van der Waals surface area contributed by atoms with Crippen molar-refractivity contribution in [3.05, 3.63) is 106 Å². The first kappa shape index (κ1) is 28.5. The lowest BCUT2D eigenvalue weighted by Crippen LogP contribution is -2.50. The van der Waals surface area contributed by atoms with Gasteiger partial charge in [-0.25, -0.2) is 0 Å². The van der Waals surface area contributed by atoms with Gasteiger partial charge in [-0.1, -0.05) is 89.9 Å². The van der Waals surface area contributed by atoms with Gasteiger partial charge in [-0.15, -0.1) is 0 Å². The number of hydrogen-bond donors (Lipinski definition) is 3. The summed E-state index contributed by atoms with van der Waals surface area (Å²) in [4.78, 5) is 31.8. The van der Waals surface area contributed by atoms with Crippen molar-refractivity contribution < 1.29 is 9.59 Å². The second kappa shape index (κ2) is 12.7. The van der Waals surface area contributed by atoms with E-state index in [0.29, 0.717) is 17.8 Å². The SMILES string of the molecule is CCCCN(NC(=O)Cn1cc(C2=N[C@@H](c3ccccc3)[C@H](c3ccccc3)NC2=O)c2cc(Br)ccc21)C(N)=S. The first-order valence-corrected chi connectivity index (χ1v) is 14.7. The molecule has 0 aliphatic carbocycles. The highest BCUT2D eigenvalue weighted by molar-refractivity contribution is 9.10. The fourth-order valence-electron chi connectivity index (χ4n) is 5.06. The van der Waals surface area contributed by atoms with Crippen molar-refractivity contribution >= 4 is 61.7 Å². The number of benzene rings is 3. The molecule has 1 aliphatic heterocycles. The molecule has 0 unspecified atom stereocenters. The number of carbonyl (C=O) groups is 2. The van der Waals surface area contributed by atoms with Crippen LogP contribution in [0.2, 0.25) is 0 Å². The van der Waals surface area contributed by atoms with Crippen molar-refractivity contribution in [2.45, 2.75) is 38.4 Å². The van der Waals surface area contributed by atoms with E-state index in [0.717, 1.165) is 39.3 Å². The van der Waals surface area contributed by atoms with Crippen LogP contribution in [0.25, 0.3) is 10.9 Å². The Morgan fingerprint density at radius 1 is 1.10 bits per heavy atom. The zero-order valence-corrected chi connectivity index (χ0v) is 25.0. The number of carbonyl (C=O) groups excluding carboxylic acids is 2. The second-order valence-corrected chi connectivity index (χ2v) is 11.2. The average molecular weight is 632 g/mol. The van der Waals surface area contributed by atoms with E-state index in [1.807, 2.05) is 89.6 Å². The van der Waals surface area contributed by atoms with Crippen molar-refractivity contribution in [2.24, 2.45) is 10.7 Å². The number of fused-ring (bicyclic) bond motifs is 1. The molecule has 1 aliphatic rings. The number of nitrogens with one attached hydrogen (secondary N) is 2. The smallest absolute Gasteiger partial charge is 0.270 e. The Morgan fingerprint density at radius 2 is 1.78 bits per heavy atom. The van der Waals surface area contributed by atoms with Crippen molar-refractivity contribution in [1.82, 2.24) is 20.3 Å². The molecule has 1 aromatic heterocycles. The molecule has 0 fully saturated rings. The lowest BCUT2D eigenvalue weighted by Gasteiger charge is -2.31. The zero-order chi connectivity index (χ0) is 28.9. The fourth-order valence-corrected chi connectivity index (χ4v) is 5.56. The lowest BCUT2D eigenvalue weighted by molar-refractivity contribution is -0.124. The molecule has 4 aromatic rings. The molecule has 0 bridgehead atoms. The number of halogens is 1. The summed E-state index contributed by atoms with van der Waals surface area (Å²) >= 11 is 8.68. The van der Waals surface area contributed by atoms with Crippen LogP contribution in [0.1, 0.15) is 48.5 Å². The van der Waals surface area contributed by atoms with E-state index >= 15 is 0 Å². The number of aliphatic imine (C=N–C) groups is 1. The molecule has 41 heavy (non-hydrogen) atoms. The Hall–Kier alpha value is -4.02. The van der Waals surface area contributed by atoms with E-state index in [-0.39, 0.29) is 35.6 Å². The first-order chi connectivity index (χ1) is 19.9. The van der Waals surface area contributed by atoms with Gasteiger partial charge < -0.3 is 15.6 Å². The number of unbranched alkanes of at least 4 members (excludes halogenated alkanes) is 1. The van der Waals surface area contributed by atoms with Gasteiger partial charge in [0.05, 0.1) is 6.04 Å². The van der Waals surface area contributed by atoms with E-state index in [9.17, 15) is 9.59 Å². The molecule has 2 atom stereocenters. The third kappa shape index (κ3) is 6.34. The Morgan fingerprint density at radius 3 is 2.44 bits per heavy atom. The second-order valence-electron chi connectivity index (χ2n) is 9.91. The maximum absolute atomic E-state index is 13.7. The van der Waals surface area contributed by atoms with Gasteiger partial charge >= 0.3 is 0 Å². The minimum atomic E-state index is -0.335. The van der Waals surface area contributed by atoms with Gasteiger partial charge in [-0.2, -0.15) is 0 Å². The summed E-state index contributed by atoms with van der Waals surface area (Å²) in [6, 6.07) is 24.9. The summed E-state index contributed by atoms with van der Waals surface area (Å²) in [6.45, 7) is 2.59. The van der Waals surface area contributed by atoms with Crippen LogP contribution in [0.3, 0.4) is 0 Å². The Labute approximate surface area is 252 Å². The van der Waals surface area contributed by atoms with Crippen LogP contribution >= 0.6 is 28.1 Å². The topological polar surface area (TPSA) is 105 Å². The van der Waals surface area contributed by atoms with E-state index in [2.05, 4.69) is 33.6 Å². The van der Waals surface area contributed by atoms with E-state index < -0.39 is 0 Å². The van der Waals surface area contributed by atoms with E-state index in [4.69, 9.17) is 22.9 Å². The summed E-state index contributed by atoms with van der Waals surface area (Å²) < 4.78 is 2.67. The van der Waals surface area contributed by atoms with Crippen LogP contribution in [-0.4, -0.2) is 38.8 Å². The summed E-state index contributed by atoms with van der Waals surface area (Å²) in [5.74, 6) is -0.546. The molecule has 210 valence electrons. The molecule has 4 N–H and O–H groups in total. The molecule has 0 radical (unpaired) electrons. The van der Waals surface area contributed by atoms with E-state index in [1.54, 1.807) is 0 Å². The predicted molar refractivity (Wildman–Crippen MR) is 169 cm³/mol. The summed E-state index contributed by atoms with van der Waals surface area (Å²) in [5, 5.41) is 5.63. The maximum Gasteiger partial charge on any atom is 0.270 e. The van der Waals surface area contributed by atoms with Crippen molar-refractivity contribution in [3.8, 4) is 0 Å². The van der Waals surface area contributed by atoms with E-state index in [1.165, 1.54) is 5.01 Å². The van der Waals surface area contributed by atoms with Crippen molar-refractivity contribution in [2.75, 3.05) is 6.54 Å². The average Bonchev–Trinajstić information content (AvgIpc) is 3.32. The number of nitrogens with zero attached hydrogens (tertiary/aromatic N) is 3. The standard InChI is InChI=1S/C31H31BrN6O2S/c1-2-3-16-38(31(33)41)36-26(39)19-37-18-24(23-17-22(32)14-15-25(23)37)29-30(40)35-28(21-12-8-5-9-13-21)27(34-29)20-10-6-4-7-11-20/h4-15,17-18,27-28H,2-3,16,19H2,1H3,(H2,33,41)(H,35,40)(H,36,39)/t27-,28-/m0/s1. The van der Waals surface area contributed by atoms with Gasteiger partial charge in [-0.05, 0) is 48.0 Å². The fraction of sp³-hybridized carbons (Fsp3) is 0.226. The van der Waals surface area contributed by atoms with Crippen LogP contribution in [-0.2, 0) is 16.1 Å². The van der Waals surface area contributed by atoms with Gasteiger partial charge in [0.15, 0.2) is 5.11 Å². The normalized spacial score (nSPS) is 16.6. The summed E-state index contributed by atoms with van der Waals surface area (Å²) in [5.41, 5.74) is 12.4. The molecule has 0 saturated heterocycles. The van der Waals surface area contributed by atoms with Crippen LogP contribution in [0.15, 0.2) is 94.5 Å². The molecule has 0 saturated carbocycles. The van der Waals surface area contributed by atoms with Gasteiger partial charge in [-0.3, -0.25) is 25.0 Å². The molecular formula is C31H31BrN6O2S. The quantitative estimate of drug-likeness (QED) is 0.184. The van der Waals surface area contributed by atoms with Crippen LogP contribution in [0, 0.1) is 0 Å². The number of nitrogens with two attached hydrogens (primary N) is 1. The Bertz CT molecular complexity index is 1610. The highest BCUT2D eigenvalue weighted by Crippen LogP contribution is 2.37. The number of amides is 2. The molecule has 10 heteroatoms. The first-order valence-electron chi connectivity index (χ1n) is 13.5.